The molecule has 0 fully saturated rings. The number of aliphatic hydroxyl groups is 1. The molecular weight excluding hydrogens is 214 g/mol. The molecular formula is C11H16F2N2O. The van der Waals surface area contributed by atoms with Crippen LogP contribution in [-0.4, -0.2) is 36.6 Å². The summed E-state index contributed by atoms with van der Waals surface area (Å²) in [6.07, 6.45) is -3.19. The van der Waals surface area contributed by atoms with Crippen molar-refractivity contribution in [3.8, 4) is 0 Å². The maximum Gasteiger partial charge on any atom is 0.251 e. The topological polar surface area (TPSA) is 49.5 Å². The molecule has 0 spiro atoms. The maximum atomic E-state index is 12.1. The molecule has 1 rings (SSSR count). The van der Waals surface area contributed by atoms with Gasteiger partial charge in [-0.1, -0.05) is 12.1 Å². The Labute approximate surface area is 93.5 Å². The van der Waals surface area contributed by atoms with Crippen LogP contribution in [0.15, 0.2) is 24.3 Å². The highest BCUT2D eigenvalue weighted by Gasteiger charge is 2.13. The fraction of sp³-hybridized carbons (Fsp3) is 0.455. The van der Waals surface area contributed by atoms with Crippen LogP contribution < -0.4 is 5.73 Å². The zero-order chi connectivity index (χ0) is 12.1. The van der Waals surface area contributed by atoms with Gasteiger partial charge < -0.3 is 10.8 Å². The standard InChI is InChI=1S/C11H16F2N2O/c1-15(7-11(12)13)6-10(16)8-3-2-4-9(14)5-8/h2-5,10-11,16H,6-7,14H2,1H3. The predicted octanol–water partition coefficient (Wildman–Crippen LogP) is 1.50. The van der Waals surface area contributed by atoms with Gasteiger partial charge in [0.2, 0.25) is 0 Å². The second-order valence-corrected chi connectivity index (χ2v) is 3.80. The van der Waals surface area contributed by atoms with Crippen LogP contribution in [0.2, 0.25) is 0 Å². The van der Waals surface area contributed by atoms with Gasteiger partial charge in [0.05, 0.1) is 12.6 Å². The van der Waals surface area contributed by atoms with Gasteiger partial charge in [-0.25, -0.2) is 8.78 Å². The van der Waals surface area contributed by atoms with Crippen LogP contribution >= 0.6 is 0 Å². The van der Waals surface area contributed by atoms with E-state index in [0.29, 0.717) is 11.3 Å². The number of rotatable bonds is 5. The summed E-state index contributed by atoms with van der Waals surface area (Å²) in [4.78, 5) is 1.39. The maximum absolute atomic E-state index is 12.1. The molecule has 16 heavy (non-hydrogen) atoms. The average Bonchev–Trinajstić information content (AvgIpc) is 2.16. The van der Waals surface area contributed by atoms with E-state index in [-0.39, 0.29) is 13.1 Å². The molecule has 1 aromatic carbocycles. The molecule has 3 nitrogen and oxygen atoms in total. The molecule has 0 bridgehead atoms. The van der Waals surface area contributed by atoms with E-state index in [1.807, 2.05) is 0 Å². The molecule has 90 valence electrons. The molecule has 5 heteroatoms. The van der Waals surface area contributed by atoms with Gasteiger partial charge in [-0.05, 0) is 24.7 Å². The van der Waals surface area contributed by atoms with Gasteiger partial charge in [0.25, 0.3) is 6.43 Å². The summed E-state index contributed by atoms with van der Waals surface area (Å²) >= 11 is 0. The molecule has 0 saturated heterocycles. The van der Waals surface area contributed by atoms with E-state index in [0.717, 1.165) is 0 Å². The molecule has 0 aromatic heterocycles. The zero-order valence-corrected chi connectivity index (χ0v) is 9.11. The Morgan fingerprint density at radius 2 is 2.06 bits per heavy atom. The highest BCUT2D eigenvalue weighted by Crippen LogP contribution is 2.16. The Hall–Kier alpha value is -1.20. The zero-order valence-electron chi connectivity index (χ0n) is 9.11. The molecule has 0 saturated carbocycles. The molecule has 0 radical (unpaired) electrons. The summed E-state index contributed by atoms with van der Waals surface area (Å²) < 4.78 is 24.1. The third kappa shape index (κ3) is 4.12. The SMILES string of the molecule is CN(CC(F)F)CC(O)c1cccc(N)c1. The van der Waals surface area contributed by atoms with Crippen LogP contribution in [-0.2, 0) is 0 Å². The Morgan fingerprint density at radius 1 is 1.38 bits per heavy atom. The van der Waals surface area contributed by atoms with E-state index in [1.165, 1.54) is 4.90 Å². The van der Waals surface area contributed by atoms with Gasteiger partial charge in [0.1, 0.15) is 0 Å². The van der Waals surface area contributed by atoms with Crippen molar-refractivity contribution in [3.63, 3.8) is 0 Å². The third-order valence-corrected chi connectivity index (χ3v) is 2.23. The molecule has 1 atom stereocenters. The first-order valence-corrected chi connectivity index (χ1v) is 4.99. The van der Waals surface area contributed by atoms with Crippen molar-refractivity contribution in [2.75, 3.05) is 25.9 Å². The summed E-state index contributed by atoms with van der Waals surface area (Å²) in [6, 6.07) is 6.79. The molecule has 1 aromatic rings. The molecule has 0 aliphatic heterocycles. The minimum Gasteiger partial charge on any atom is -0.399 e. The lowest BCUT2D eigenvalue weighted by molar-refractivity contribution is 0.0680. The van der Waals surface area contributed by atoms with Crippen molar-refractivity contribution in [2.24, 2.45) is 0 Å². The van der Waals surface area contributed by atoms with Crippen molar-refractivity contribution in [3.05, 3.63) is 29.8 Å². The van der Waals surface area contributed by atoms with Crippen LogP contribution in [0, 0.1) is 0 Å². The number of hydrogen-bond acceptors (Lipinski definition) is 3. The molecule has 0 amide bonds. The van der Waals surface area contributed by atoms with Crippen molar-refractivity contribution in [2.45, 2.75) is 12.5 Å². The molecule has 0 heterocycles. The molecule has 0 aliphatic rings. The minimum atomic E-state index is -2.39. The van der Waals surface area contributed by atoms with Crippen molar-refractivity contribution in [1.82, 2.24) is 4.90 Å². The third-order valence-electron chi connectivity index (χ3n) is 2.23. The second-order valence-electron chi connectivity index (χ2n) is 3.80. The Morgan fingerprint density at radius 3 is 2.62 bits per heavy atom. The predicted molar refractivity (Wildman–Crippen MR) is 59.3 cm³/mol. The number of nitrogen functional groups attached to an aromatic ring is 1. The lowest BCUT2D eigenvalue weighted by Crippen LogP contribution is -2.29. The van der Waals surface area contributed by atoms with Gasteiger partial charge in [0, 0.05) is 12.2 Å². The highest BCUT2D eigenvalue weighted by molar-refractivity contribution is 5.41. The number of nitrogens with two attached hydrogens (primary N) is 1. The first-order valence-electron chi connectivity index (χ1n) is 4.99. The summed E-state index contributed by atoms with van der Waals surface area (Å²) in [6.45, 7) is -0.187. The summed E-state index contributed by atoms with van der Waals surface area (Å²) in [5.74, 6) is 0. The normalized spacial score (nSPS) is 13.4. The number of nitrogens with zero attached hydrogens (tertiary/aromatic N) is 1. The van der Waals surface area contributed by atoms with Crippen LogP contribution in [0.1, 0.15) is 11.7 Å². The van der Waals surface area contributed by atoms with Crippen LogP contribution in [0.4, 0.5) is 14.5 Å². The van der Waals surface area contributed by atoms with Crippen molar-refractivity contribution >= 4 is 5.69 Å². The number of hydrogen-bond donors (Lipinski definition) is 2. The Kier molecular flexibility index (Phi) is 4.64. The lowest BCUT2D eigenvalue weighted by Gasteiger charge is -2.20. The van der Waals surface area contributed by atoms with E-state index in [1.54, 1.807) is 31.3 Å². The van der Waals surface area contributed by atoms with E-state index < -0.39 is 12.5 Å². The number of likely N-dealkylation sites (N-methyl/N-ethyl adjacent to an activating group) is 1. The van der Waals surface area contributed by atoms with Gasteiger partial charge >= 0.3 is 0 Å². The monoisotopic (exact) mass is 230 g/mol. The Balaban J connectivity index is 2.55. The number of alkyl halides is 2. The van der Waals surface area contributed by atoms with Crippen molar-refractivity contribution in [1.29, 1.82) is 0 Å². The summed E-state index contributed by atoms with van der Waals surface area (Å²) in [5, 5.41) is 9.79. The molecule has 0 aliphatic carbocycles. The van der Waals surface area contributed by atoms with Crippen molar-refractivity contribution < 1.29 is 13.9 Å². The van der Waals surface area contributed by atoms with Crippen LogP contribution in [0.25, 0.3) is 0 Å². The first-order chi connectivity index (χ1) is 7.49. The minimum absolute atomic E-state index is 0.161. The van der Waals surface area contributed by atoms with E-state index in [2.05, 4.69) is 0 Å². The van der Waals surface area contributed by atoms with Gasteiger partial charge in [-0.2, -0.15) is 0 Å². The summed E-state index contributed by atoms with van der Waals surface area (Å²) in [7, 11) is 1.54. The number of benzene rings is 1. The smallest absolute Gasteiger partial charge is 0.251 e. The summed E-state index contributed by atoms with van der Waals surface area (Å²) in [5.41, 5.74) is 6.75. The van der Waals surface area contributed by atoms with Crippen LogP contribution in [0.3, 0.4) is 0 Å². The quantitative estimate of drug-likeness (QED) is 0.754. The fourth-order valence-electron chi connectivity index (χ4n) is 1.48. The molecule has 1 unspecified atom stereocenters. The van der Waals surface area contributed by atoms with Gasteiger partial charge in [-0.15, -0.1) is 0 Å². The number of halogens is 2. The number of aliphatic hydroxyl groups excluding tert-OH is 1. The first kappa shape index (κ1) is 12.9. The highest BCUT2D eigenvalue weighted by atomic mass is 19.3. The lowest BCUT2D eigenvalue weighted by atomic mass is 10.1. The Bertz CT molecular complexity index is 334. The second kappa shape index (κ2) is 5.77. The van der Waals surface area contributed by atoms with Gasteiger partial charge in [0.15, 0.2) is 0 Å². The largest absolute Gasteiger partial charge is 0.399 e. The fourth-order valence-corrected chi connectivity index (χ4v) is 1.48. The van der Waals surface area contributed by atoms with E-state index in [4.69, 9.17) is 5.73 Å². The van der Waals surface area contributed by atoms with E-state index in [9.17, 15) is 13.9 Å². The average molecular weight is 230 g/mol. The molecule has 3 N–H and O–H groups in total. The van der Waals surface area contributed by atoms with E-state index >= 15 is 0 Å². The van der Waals surface area contributed by atoms with Crippen LogP contribution in [0.5, 0.6) is 0 Å². The number of anilines is 1. The van der Waals surface area contributed by atoms with Gasteiger partial charge in [-0.3, -0.25) is 4.90 Å².